The SMILES string of the molecule is Cn1cc(CNCCCCN2CCCC2CO)c(-c2ccc([N+](=O)[O-])cc2)n1. The minimum atomic E-state index is -0.393. The van der Waals surface area contributed by atoms with Crippen molar-refractivity contribution in [1.82, 2.24) is 20.0 Å². The van der Waals surface area contributed by atoms with E-state index in [9.17, 15) is 15.2 Å². The number of aliphatic hydroxyl groups is 1. The number of nitro groups is 1. The van der Waals surface area contributed by atoms with Crippen LogP contribution in [0, 0.1) is 10.1 Å². The van der Waals surface area contributed by atoms with Crippen molar-refractivity contribution in [2.24, 2.45) is 7.05 Å². The van der Waals surface area contributed by atoms with Crippen molar-refractivity contribution >= 4 is 5.69 Å². The number of nitro benzene ring substituents is 1. The van der Waals surface area contributed by atoms with Crippen LogP contribution in [0.2, 0.25) is 0 Å². The van der Waals surface area contributed by atoms with Crippen molar-refractivity contribution in [3.05, 3.63) is 46.1 Å². The molecule has 8 nitrogen and oxygen atoms in total. The zero-order valence-electron chi connectivity index (χ0n) is 16.4. The van der Waals surface area contributed by atoms with Crippen molar-refractivity contribution in [3.8, 4) is 11.3 Å². The highest BCUT2D eigenvalue weighted by Crippen LogP contribution is 2.24. The summed E-state index contributed by atoms with van der Waals surface area (Å²) in [7, 11) is 1.88. The quantitative estimate of drug-likeness (QED) is 0.369. The van der Waals surface area contributed by atoms with E-state index in [1.165, 1.54) is 18.6 Å². The summed E-state index contributed by atoms with van der Waals surface area (Å²) in [5, 5.41) is 28.2. The molecule has 0 radical (unpaired) electrons. The Bertz CT molecular complexity index is 775. The normalized spacial score (nSPS) is 17.3. The monoisotopic (exact) mass is 387 g/mol. The summed E-state index contributed by atoms with van der Waals surface area (Å²) >= 11 is 0. The summed E-state index contributed by atoms with van der Waals surface area (Å²) in [6.45, 7) is 4.06. The predicted octanol–water partition coefficient (Wildman–Crippen LogP) is 2.32. The first-order valence-corrected chi connectivity index (χ1v) is 9.91. The molecule has 0 amide bonds. The second kappa shape index (κ2) is 9.77. The lowest BCUT2D eigenvalue weighted by Gasteiger charge is -2.22. The molecule has 2 N–H and O–H groups in total. The van der Waals surface area contributed by atoms with Crippen LogP contribution in [0.25, 0.3) is 11.3 Å². The molecule has 1 aromatic heterocycles. The molecule has 1 aromatic carbocycles. The van der Waals surface area contributed by atoms with Gasteiger partial charge in [0.1, 0.15) is 0 Å². The number of unbranched alkanes of at least 4 members (excludes halogenated alkanes) is 1. The van der Waals surface area contributed by atoms with Gasteiger partial charge in [-0.15, -0.1) is 0 Å². The molecular weight excluding hydrogens is 358 g/mol. The Morgan fingerprint density at radius 3 is 2.82 bits per heavy atom. The number of nitrogens with one attached hydrogen (secondary N) is 1. The average Bonchev–Trinajstić information content (AvgIpc) is 3.30. The van der Waals surface area contributed by atoms with E-state index in [1.807, 2.05) is 13.2 Å². The fourth-order valence-corrected chi connectivity index (χ4v) is 3.84. The van der Waals surface area contributed by atoms with Gasteiger partial charge in [-0.2, -0.15) is 5.10 Å². The summed E-state index contributed by atoms with van der Waals surface area (Å²) < 4.78 is 1.77. The number of benzene rings is 1. The number of nitrogens with zero attached hydrogens (tertiary/aromatic N) is 4. The molecular formula is C20H29N5O3. The third kappa shape index (κ3) is 5.15. The lowest BCUT2D eigenvalue weighted by atomic mass is 10.1. The Morgan fingerprint density at radius 1 is 1.32 bits per heavy atom. The lowest BCUT2D eigenvalue weighted by Crippen LogP contribution is -2.33. The average molecular weight is 387 g/mol. The Hall–Kier alpha value is -2.29. The van der Waals surface area contributed by atoms with Gasteiger partial charge in [0.15, 0.2) is 0 Å². The first-order valence-electron chi connectivity index (χ1n) is 9.91. The molecule has 28 heavy (non-hydrogen) atoms. The molecule has 2 heterocycles. The van der Waals surface area contributed by atoms with Crippen molar-refractivity contribution in [3.63, 3.8) is 0 Å². The van der Waals surface area contributed by atoms with Gasteiger partial charge in [-0.1, -0.05) is 0 Å². The van der Waals surface area contributed by atoms with E-state index in [-0.39, 0.29) is 12.3 Å². The third-order valence-electron chi connectivity index (χ3n) is 5.33. The predicted molar refractivity (Wildman–Crippen MR) is 108 cm³/mol. The van der Waals surface area contributed by atoms with Crippen LogP contribution in [0.3, 0.4) is 0 Å². The van der Waals surface area contributed by atoms with E-state index in [2.05, 4.69) is 15.3 Å². The first-order chi connectivity index (χ1) is 13.6. The van der Waals surface area contributed by atoms with Crippen LogP contribution in [0.5, 0.6) is 0 Å². The highest BCUT2D eigenvalue weighted by molar-refractivity contribution is 5.64. The number of non-ortho nitro benzene ring substituents is 1. The minimum Gasteiger partial charge on any atom is -0.395 e. The van der Waals surface area contributed by atoms with Crippen molar-refractivity contribution in [2.75, 3.05) is 26.2 Å². The van der Waals surface area contributed by atoms with E-state index in [0.29, 0.717) is 12.6 Å². The molecule has 8 heteroatoms. The van der Waals surface area contributed by atoms with Crippen LogP contribution in [-0.4, -0.2) is 57.0 Å². The van der Waals surface area contributed by atoms with E-state index < -0.39 is 4.92 Å². The maximum atomic E-state index is 10.8. The van der Waals surface area contributed by atoms with Gasteiger partial charge in [0, 0.05) is 49.1 Å². The number of aryl methyl sites for hydroxylation is 1. The second-order valence-corrected chi connectivity index (χ2v) is 7.38. The number of aromatic nitrogens is 2. The molecule has 1 aliphatic rings. The molecule has 1 aliphatic heterocycles. The van der Waals surface area contributed by atoms with Gasteiger partial charge in [-0.25, -0.2) is 0 Å². The zero-order valence-corrected chi connectivity index (χ0v) is 16.4. The number of hydrogen-bond donors (Lipinski definition) is 2. The van der Waals surface area contributed by atoms with E-state index in [0.717, 1.165) is 55.7 Å². The fraction of sp³-hybridized carbons (Fsp3) is 0.550. The molecule has 3 rings (SSSR count). The first kappa shape index (κ1) is 20.4. The minimum absolute atomic E-state index is 0.0841. The summed E-state index contributed by atoms with van der Waals surface area (Å²) in [6, 6.07) is 6.88. The molecule has 1 saturated heterocycles. The van der Waals surface area contributed by atoms with E-state index >= 15 is 0 Å². The number of aliphatic hydroxyl groups excluding tert-OH is 1. The second-order valence-electron chi connectivity index (χ2n) is 7.38. The summed E-state index contributed by atoms with van der Waals surface area (Å²) in [5.74, 6) is 0. The molecule has 1 fully saturated rings. The van der Waals surface area contributed by atoms with Gasteiger partial charge in [0.2, 0.25) is 0 Å². The molecule has 0 aliphatic carbocycles. The van der Waals surface area contributed by atoms with Crippen molar-refractivity contribution in [1.29, 1.82) is 0 Å². The third-order valence-corrected chi connectivity index (χ3v) is 5.33. The molecule has 1 unspecified atom stereocenters. The van der Waals surface area contributed by atoms with Gasteiger partial charge in [-0.3, -0.25) is 19.7 Å². The Labute approximate surface area is 165 Å². The lowest BCUT2D eigenvalue weighted by molar-refractivity contribution is -0.384. The van der Waals surface area contributed by atoms with Crippen LogP contribution in [0.4, 0.5) is 5.69 Å². The van der Waals surface area contributed by atoms with Gasteiger partial charge >= 0.3 is 0 Å². The van der Waals surface area contributed by atoms with Crippen LogP contribution in [0.15, 0.2) is 30.5 Å². The van der Waals surface area contributed by atoms with Crippen LogP contribution in [0.1, 0.15) is 31.2 Å². The van der Waals surface area contributed by atoms with Gasteiger partial charge in [-0.05, 0) is 57.5 Å². The van der Waals surface area contributed by atoms with E-state index in [4.69, 9.17) is 0 Å². The topological polar surface area (TPSA) is 96.5 Å². The molecule has 1 atom stereocenters. The number of hydrogen-bond acceptors (Lipinski definition) is 6. The molecule has 0 bridgehead atoms. The highest BCUT2D eigenvalue weighted by Gasteiger charge is 2.22. The molecule has 2 aromatic rings. The largest absolute Gasteiger partial charge is 0.395 e. The van der Waals surface area contributed by atoms with Gasteiger partial charge < -0.3 is 10.4 Å². The highest BCUT2D eigenvalue weighted by atomic mass is 16.6. The maximum absolute atomic E-state index is 10.8. The summed E-state index contributed by atoms with van der Waals surface area (Å²) in [5.41, 5.74) is 2.90. The molecule has 0 saturated carbocycles. The Balaban J connectivity index is 1.46. The summed E-state index contributed by atoms with van der Waals surface area (Å²) in [6.07, 6.45) is 6.49. The van der Waals surface area contributed by atoms with Crippen molar-refractivity contribution in [2.45, 2.75) is 38.3 Å². The van der Waals surface area contributed by atoms with Crippen LogP contribution in [-0.2, 0) is 13.6 Å². The van der Waals surface area contributed by atoms with Crippen LogP contribution >= 0.6 is 0 Å². The maximum Gasteiger partial charge on any atom is 0.269 e. The molecule has 0 spiro atoms. The van der Waals surface area contributed by atoms with E-state index in [1.54, 1.807) is 16.8 Å². The number of likely N-dealkylation sites (tertiary alicyclic amines) is 1. The standard InChI is InChI=1S/C20H29N5O3/c1-23-14-17(20(22-23)16-6-8-18(9-7-16)25(27)28)13-21-10-2-3-11-24-12-4-5-19(24)15-26/h6-9,14,19,21,26H,2-5,10-13,15H2,1H3. The smallest absolute Gasteiger partial charge is 0.269 e. The fourth-order valence-electron chi connectivity index (χ4n) is 3.84. The Morgan fingerprint density at radius 2 is 2.11 bits per heavy atom. The van der Waals surface area contributed by atoms with Gasteiger partial charge in [0.25, 0.3) is 5.69 Å². The molecule has 152 valence electrons. The van der Waals surface area contributed by atoms with Crippen LogP contribution < -0.4 is 5.32 Å². The van der Waals surface area contributed by atoms with Gasteiger partial charge in [0.05, 0.1) is 17.2 Å². The zero-order chi connectivity index (χ0) is 19.9. The van der Waals surface area contributed by atoms with Crippen molar-refractivity contribution < 1.29 is 10.0 Å². The Kier molecular flexibility index (Phi) is 7.13. The number of rotatable bonds is 10. The summed E-state index contributed by atoms with van der Waals surface area (Å²) in [4.78, 5) is 12.8.